The molecule has 0 saturated carbocycles. The van der Waals surface area contributed by atoms with Crippen molar-refractivity contribution in [2.75, 3.05) is 0 Å². The quantitative estimate of drug-likeness (QED) is 0.448. The van der Waals surface area contributed by atoms with Crippen molar-refractivity contribution in [2.24, 2.45) is 0 Å². The molecule has 113 valence electrons. The Balaban J connectivity index is 2.90. The summed E-state index contributed by atoms with van der Waals surface area (Å²) < 4.78 is 0. The van der Waals surface area contributed by atoms with E-state index in [2.05, 4.69) is 45.9 Å². The molecule has 1 aromatic rings. The normalized spacial score (nSPS) is 11.2. The van der Waals surface area contributed by atoms with E-state index in [0.717, 1.165) is 0 Å². The molecule has 0 bridgehead atoms. The van der Waals surface area contributed by atoms with Gasteiger partial charge in [-0.25, -0.2) is 0 Å². The predicted molar refractivity (Wildman–Crippen MR) is 91.2 cm³/mol. The lowest BCUT2D eigenvalue weighted by molar-refractivity contribution is 0.649. The molecule has 0 aliphatic carbocycles. The summed E-state index contributed by atoms with van der Waals surface area (Å²) in [7, 11) is 0. The van der Waals surface area contributed by atoms with Gasteiger partial charge in [-0.1, -0.05) is 76.6 Å². The number of aryl methyl sites for hydroxylation is 2. The number of rotatable bonds is 10. The monoisotopic (exact) mass is 273 g/mol. The summed E-state index contributed by atoms with van der Waals surface area (Å²) in [6.07, 6.45) is 11.7. The highest BCUT2D eigenvalue weighted by atomic mass is 14.2. The molecule has 1 rings (SSSR count). The molecule has 0 amide bonds. The van der Waals surface area contributed by atoms with Crippen LogP contribution >= 0.6 is 0 Å². The second-order valence-corrected chi connectivity index (χ2v) is 6.07. The number of hydrogen-bond acceptors (Lipinski definition) is 0. The highest BCUT2D eigenvalue weighted by Crippen LogP contribution is 2.30. The first-order chi connectivity index (χ1) is 9.72. The molecule has 1 radical (unpaired) electrons. The zero-order valence-electron chi connectivity index (χ0n) is 14.1. The summed E-state index contributed by atoms with van der Waals surface area (Å²) in [5, 5.41) is 0. The summed E-state index contributed by atoms with van der Waals surface area (Å²) in [5.41, 5.74) is 4.57. The Hall–Kier alpha value is -0.780. The van der Waals surface area contributed by atoms with Gasteiger partial charge < -0.3 is 0 Å². The van der Waals surface area contributed by atoms with Crippen molar-refractivity contribution in [1.29, 1.82) is 0 Å². The molecule has 0 atom stereocenters. The third kappa shape index (κ3) is 5.69. The molecule has 0 unspecified atom stereocenters. The fourth-order valence-corrected chi connectivity index (χ4v) is 2.82. The molecule has 0 nitrogen and oxygen atoms in total. The van der Waals surface area contributed by atoms with E-state index in [-0.39, 0.29) is 0 Å². The summed E-state index contributed by atoms with van der Waals surface area (Å²) >= 11 is 0. The summed E-state index contributed by atoms with van der Waals surface area (Å²) in [5.74, 6) is 1.71. The van der Waals surface area contributed by atoms with E-state index in [0.29, 0.717) is 0 Å². The summed E-state index contributed by atoms with van der Waals surface area (Å²) in [6, 6.07) is 7.10. The van der Waals surface area contributed by atoms with Crippen molar-refractivity contribution >= 4 is 0 Å². The van der Waals surface area contributed by atoms with Crippen LogP contribution in [-0.2, 0) is 6.42 Å². The standard InChI is InChI=1S/C20H33/c1-5-8-11-18(12-9-6-2)20-15-14-17(4)16-19(20)13-10-7-3/h14-16H,5-13H2,1-4H3. The third-order valence-corrected chi connectivity index (χ3v) is 4.11. The lowest BCUT2D eigenvalue weighted by atomic mass is 9.84. The number of hydrogen-bond donors (Lipinski definition) is 0. The maximum Gasteiger partial charge on any atom is 0.00526 e. The molecule has 20 heavy (non-hydrogen) atoms. The van der Waals surface area contributed by atoms with Crippen LogP contribution < -0.4 is 0 Å². The molecule has 0 spiro atoms. The maximum atomic E-state index is 2.42. The second kappa shape index (κ2) is 10.0. The number of unbranched alkanes of at least 4 members (excludes halogenated alkanes) is 3. The minimum Gasteiger partial charge on any atom is -0.0654 e. The molecule has 1 aromatic carbocycles. The van der Waals surface area contributed by atoms with Gasteiger partial charge in [0.05, 0.1) is 0 Å². The highest BCUT2D eigenvalue weighted by Gasteiger charge is 2.15. The van der Waals surface area contributed by atoms with E-state index in [1.165, 1.54) is 63.4 Å². The van der Waals surface area contributed by atoms with Crippen LogP contribution in [-0.4, -0.2) is 0 Å². The van der Waals surface area contributed by atoms with Gasteiger partial charge in [0.15, 0.2) is 0 Å². The Morgan fingerprint density at radius 1 is 0.850 bits per heavy atom. The van der Waals surface area contributed by atoms with E-state index in [1.54, 1.807) is 17.0 Å². The van der Waals surface area contributed by atoms with E-state index in [9.17, 15) is 0 Å². The first-order valence-corrected chi connectivity index (χ1v) is 8.67. The van der Waals surface area contributed by atoms with Crippen molar-refractivity contribution in [3.8, 4) is 0 Å². The Kier molecular flexibility index (Phi) is 8.65. The molecular formula is C20H33. The fraction of sp³-hybridized carbons (Fsp3) is 0.650. The van der Waals surface area contributed by atoms with Crippen molar-refractivity contribution in [1.82, 2.24) is 0 Å². The molecule has 0 aromatic heterocycles. The van der Waals surface area contributed by atoms with Crippen LogP contribution in [0.5, 0.6) is 0 Å². The third-order valence-electron chi connectivity index (χ3n) is 4.11. The predicted octanol–water partition coefficient (Wildman–Crippen LogP) is 6.64. The Morgan fingerprint density at radius 3 is 2.00 bits per heavy atom. The molecule has 0 aliphatic rings. The van der Waals surface area contributed by atoms with E-state index in [4.69, 9.17) is 0 Å². The summed E-state index contributed by atoms with van der Waals surface area (Å²) in [4.78, 5) is 0. The van der Waals surface area contributed by atoms with Gasteiger partial charge in [-0.2, -0.15) is 0 Å². The average Bonchev–Trinajstić information content (AvgIpc) is 2.46. The topological polar surface area (TPSA) is 0 Å². The van der Waals surface area contributed by atoms with E-state index in [1.807, 2.05) is 0 Å². The van der Waals surface area contributed by atoms with Crippen LogP contribution in [0.4, 0.5) is 0 Å². The molecule has 0 N–H and O–H groups in total. The largest absolute Gasteiger partial charge is 0.0654 e. The summed E-state index contributed by atoms with van der Waals surface area (Å²) in [6.45, 7) is 9.10. The minimum atomic E-state index is 1.25. The van der Waals surface area contributed by atoms with Crippen molar-refractivity contribution in [3.05, 3.63) is 40.8 Å². The smallest absolute Gasteiger partial charge is 0.00526 e. The van der Waals surface area contributed by atoms with E-state index >= 15 is 0 Å². The van der Waals surface area contributed by atoms with Gasteiger partial charge in [0, 0.05) is 5.92 Å². The van der Waals surface area contributed by atoms with E-state index < -0.39 is 0 Å². The van der Waals surface area contributed by atoms with Crippen LogP contribution in [0.3, 0.4) is 0 Å². The first kappa shape index (κ1) is 17.3. The van der Waals surface area contributed by atoms with Gasteiger partial charge in [-0.3, -0.25) is 0 Å². The van der Waals surface area contributed by atoms with Crippen LogP contribution in [0.1, 0.15) is 88.8 Å². The molecule has 0 heteroatoms. The molecular weight excluding hydrogens is 240 g/mol. The van der Waals surface area contributed by atoms with Gasteiger partial charge in [-0.15, -0.1) is 0 Å². The van der Waals surface area contributed by atoms with Crippen LogP contribution in [0.15, 0.2) is 18.2 Å². The molecule has 0 heterocycles. The van der Waals surface area contributed by atoms with Gasteiger partial charge in [-0.05, 0) is 43.7 Å². The number of benzene rings is 1. The average molecular weight is 273 g/mol. The van der Waals surface area contributed by atoms with Crippen LogP contribution in [0.2, 0.25) is 0 Å². The van der Waals surface area contributed by atoms with Gasteiger partial charge >= 0.3 is 0 Å². The minimum absolute atomic E-state index is 1.25. The zero-order valence-corrected chi connectivity index (χ0v) is 14.1. The van der Waals surface area contributed by atoms with Crippen molar-refractivity contribution in [3.63, 3.8) is 0 Å². The van der Waals surface area contributed by atoms with Crippen molar-refractivity contribution < 1.29 is 0 Å². The lowest BCUT2D eigenvalue weighted by Crippen LogP contribution is -2.05. The fourth-order valence-electron chi connectivity index (χ4n) is 2.82. The second-order valence-electron chi connectivity index (χ2n) is 6.07. The highest BCUT2D eigenvalue weighted by molar-refractivity contribution is 5.41. The van der Waals surface area contributed by atoms with Gasteiger partial charge in [0.2, 0.25) is 0 Å². The first-order valence-electron chi connectivity index (χ1n) is 8.67. The zero-order chi connectivity index (χ0) is 14.8. The van der Waals surface area contributed by atoms with Crippen LogP contribution in [0.25, 0.3) is 0 Å². The molecule has 0 saturated heterocycles. The molecule has 0 aliphatic heterocycles. The Bertz CT molecular complexity index is 356. The van der Waals surface area contributed by atoms with Crippen LogP contribution in [0, 0.1) is 12.8 Å². The Labute approximate surface area is 127 Å². The maximum absolute atomic E-state index is 2.42. The lowest BCUT2D eigenvalue weighted by Gasteiger charge is -2.20. The Morgan fingerprint density at radius 2 is 1.45 bits per heavy atom. The van der Waals surface area contributed by atoms with Gasteiger partial charge in [0.25, 0.3) is 0 Å². The van der Waals surface area contributed by atoms with Crippen molar-refractivity contribution in [2.45, 2.75) is 85.5 Å². The SMILES string of the molecule is CCCC[C](CCCC)c1ccc(C)cc1CCCC. The van der Waals surface area contributed by atoms with Gasteiger partial charge in [0.1, 0.15) is 0 Å². The molecule has 0 fully saturated rings.